The van der Waals surface area contributed by atoms with Gasteiger partial charge in [-0.15, -0.1) is 0 Å². The van der Waals surface area contributed by atoms with Crippen molar-refractivity contribution < 1.29 is 0 Å². The molecule has 0 amide bonds. The predicted octanol–water partition coefficient (Wildman–Crippen LogP) is 2.28. The molecule has 12 heavy (non-hydrogen) atoms. The Labute approximate surface area is 78.9 Å². The van der Waals surface area contributed by atoms with Gasteiger partial charge < -0.3 is 4.57 Å². The molecule has 2 aromatic heterocycles. The largest absolute Gasteiger partial charge is 0.302 e. The molecule has 5 heteroatoms. The lowest BCUT2D eigenvalue weighted by molar-refractivity contribution is 0.932. The van der Waals surface area contributed by atoms with Crippen LogP contribution in [0, 0.1) is 0 Å². The van der Waals surface area contributed by atoms with Gasteiger partial charge in [0.1, 0.15) is 5.52 Å². The molecule has 2 heterocycles. The summed E-state index contributed by atoms with van der Waals surface area (Å²) in [7, 11) is 1.79. The SMILES string of the molecule is Cn1c(Cl)nc2c(Cl)ccnc21. The minimum absolute atomic E-state index is 0.394. The van der Waals surface area contributed by atoms with Crippen LogP contribution in [0.5, 0.6) is 0 Å². The van der Waals surface area contributed by atoms with Gasteiger partial charge in [0.15, 0.2) is 5.65 Å². The number of fused-ring (bicyclic) bond motifs is 1. The first kappa shape index (κ1) is 7.83. The number of pyridine rings is 1. The standard InChI is InChI=1S/C7H5Cl2N3/c1-12-6-5(11-7(12)9)4(8)2-3-10-6/h2-3H,1H3. The molecule has 0 fully saturated rings. The topological polar surface area (TPSA) is 30.7 Å². The van der Waals surface area contributed by atoms with Crippen LogP contribution >= 0.6 is 23.2 Å². The van der Waals surface area contributed by atoms with Gasteiger partial charge in [0.2, 0.25) is 5.28 Å². The van der Waals surface area contributed by atoms with Crippen molar-refractivity contribution in [3.05, 3.63) is 22.6 Å². The van der Waals surface area contributed by atoms with Gasteiger partial charge in [-0.05, 0) is 17.7 Å². The van der Waals surface area contributed by atoms with Crippen molar-refractivity contribution in [2.75, 3.05) is 0 Å². The van der Waals surface area contributed by atoms with Crippen LogP contribution in [0.4, 0.5) is 0 Å². The van der Waals surface area contributed by atoms with Crippen molar-refractivity contribution in [2.45, 2.75) is 0 Å². The molecule has 0 aliphatic heterocycles. The minimum atomic E-state index is 0.394. The van der Waals surface area contributed by atoms with E-state index < -0.39 is 0 Å². The lowest BCUT2D eigenvalue weighted by atomic mass is 10.4. The Morgan fingerprint density at radius 3 is 2.83 bits per heavy atom. The van der Waals surface area contributed by atoms with E-state index in [-0.39, 0.29) is 0 Å². The number of hydrogen-bond acceptors (Lipinski definition) is 2. The van der Waals surface area contributed by atoms with Gasteiger partial charge >= 0.3 is 0 Å². The zero-order valence-electron chi connectivity index (χ0n) is 6.25. The van der Waals surface area contributed by atoms with E-state index in [4.69, 9.17) is 23.2 Å². The second kappa shape index (κ2) is 2.61. The van der Waals surface area contributed by atoms with Gasteiger partial charge in [-0.3, -0.25) is 0 Å². The van der Waals surface area contributed by atoms with Crippen molar-refractivity contribution in [1.82, 2.24) is 14.5 Å². The van der Waals surface area contributed by atoms with Crippen LogP contribution in [0.1, 0.15) is 0 Å². The number of halogens is 2. The van der Waals surface area contributed by atoms with Gasteiger partial charge in [-0.25, -0.2) is 9.97 Å². The second-order valence-electron chi connectivity index (χ2n) is 2.40. The molecular weight excluding hydrogens is 197 g/mol. The monoisotopic (exact) mass is 201 g/mol. The number of hydrogen-bond donors (Lipinski definition) is 0. The molecular formula is C7H5Cl2N3. The van der Waals surface area contributed by atoms with E-state index in [0.29, 0.717) is 21.5 Å². The Hall–Kier alpha value is -0.800. The zero-order chi connectivity index (χ0) is 8.72. The van der Waals surface area contributed by atoms with Crippen molar-refractivity contribution in [2.24, 2.45) is 7.05 Å². The maximum absolute atomic E-state index is 5.87. The molecule has 2 aromatic rings. The summed E-state index contributed by atoms with van der Waals surface area (Å²) in [6.45, 7) is 0. The molecule has 0 atom stereocenters. The van der Waals surface area contributed by atoms with E-state index in [1.54, 1.807) is 23.9 Å². The number of aryl methyl sites for hydroxylation is 1. The number of aromatic nitrogens is 3. The van der Waals surface area contributed by atoms with E-state index >= 15 is 0 Å². The van der Waals surface area contributed by atoms with Crippen LogP contribution in [0.2, 0.25) is 10.3 Å². The Balaban J connectivity index is 2.95. The van der Waals surface area contributed by atoms with Gasteiger partial charge in [0.25, 0.3) is 0 Å². The summed E-state index contributed by atoms with van der Waals surface area (Å²) < 4.78 is 1.68. The lowest BCUT2D eigenvalue weighted by Crippen LogP contribution is -1.88. The van der Waals surface area contributed by atoms with Gasteiger partial charge in [-0.2, -0.15) is 0 Å². The molecule has 0 aromatic carbocycles. The molecule has 0 bridgehead atoms. The molecule has 3 nitrogen and oxygen atoms in total. The molecule has 0 saturated heterocycles. The smallest absolute Gasteiger partial charge is 0.204 e. The first-order valence-corrected chi connectivity index (χ1v) is 4.08. The Kier molecular flexibility index (Phi) is 1.70. The quantitative estimate of drug-likeness (QED) is 0.655. The van der Waals surface area contributed by atoms with Crippen LogP contribution in [0.15, 0.2) is 12.3 Å². The molecule has 0 spiro atoms. The second-order valence-corrected chi connectivity index (χ2v) is 3.15. The first-order chi connectivity index (χ1) is 5.70. The van der Waals surface area contributed by atoms with E-state index in [1.165, 1.54) is 0 Å². The summed E-state index contributed by atoms with van der Waals surface area (Å²) in [5, 5.41) is 0.966. The van der Waals surface area contributed by atoms with E-state index in [2.05, 4.69) is 9.97 Å². The van der Waals surface area contributed by atoms with Crippen LogP contribution < -0.4 is 0 Å². The first-order valence-electron chi connectivity index (χ1n) is 3.32. The van der Waals surface area contributed by atoms with Gasteiger partial charge in [0, 0.05) is 13.2 Å². The molecule has 0 unspecified atom stereocenters. The number of nitrogens with zero attached hydrogens (tertiary/aromatic N) is 3. The maximum Gasteiger partial charge on any atom is 0.204 e. The molecule has 0 aliphatic carbocycles. The van der Waals surface area contributed by atoms with Crippen LogP contribution in [-0.4, -0.2) is 14.5 Å². The summed E-state index contributed by atoms with van der Waals surface area (Å²) >= 11 is 11.6. The number of rotatable bonds is 0. The Morgan fingerprint density at radius 1 is 1.42 bits per heavy atom. The van der Waals surface area contributed by atoms with E-state index in [1.807, 2.05) is 0 Å². The molecule has 0 N–H and O–H groups in total. The highest BCUT2D eigenvalue weighted by molar-refractivity contribution is 6.35. The van der Waals surface area contributed by atoms with Crippen molar-refractivity contribution in [3.8, 4) is 0 Å². The summed E-state index contributed by atoms with van der Waals surface area (Å²) in [4.78, 5) is 8.14. The predicted molar refractivity (Wildman–Crippen MR) is 48.5 cm³/mol. The highest BCUT2D eigenvalue weighted by atomic mass is 35.5. The van der Waals surface area contributed by atoms with Crippen molar-refractivity contribution in [3.63, 3.8) is 0 Å². The van der Waals surface area contributed by atoms with Gasteiger partial charge in [0.05, 0.1) is 5.02 Å². The Morgan fingerprint density at radius 2 is 2.17 bits per heavy atom. The number of imidazole rings is 1. The van der Waals surface area contributed by atoms with Crippen LogP contribution in [0.25, 0.3) is 11.2 Å². The maximum atomic E-state index is 5.87. The molecule has 0 saturated carbocycles. The van der Waals surface area contributed by atoms with E-state index in [9.17, 15) is 0 Å². The average molecular weight is 202 g/mol. The molecule has 62 valence electrons. The van der Waals surface area contributed by atoms with Crippen LogP contribution in [0.3, 0.4) is 0 Å². The Bertz CT molecular complexity index is 435. The van der Waals surface area contributed by atoms with Crippen molar-refractivity contribution in [1.29, 1.82) is 0 Å². The van der Waals surface area contributed by atoms with Gasteiger partial charge in [-0.1, -0.05) is 11.6 Å². The summed E-state index contributed by atoms with van der Waals surface area (Å²) in [5.74, 6) is 0. The third kappa shape index (κ3) is 0.974. The fourth-order valence-corrected chi connectivity index (χ4v) is 1.37. The fourth-order valence-electron chi connectivity index (χ4n) is 1.02. The molecule has 2 rings (SSSR count). The highest BCUT2D eigenvalue weighted by Gasteiger charge is 2.08. The zero-order valence-corrected chi connectivity index (χ0v) is 7.76. The van der Waals surface area contributed by atoms with Crippen molar-refractivity contribution >= 4 is 34.4 Å². The molecule has 0 radical (unpaired) electrons. The lowest BCUT2D eigenvalue weighted by Gasteiger charge is -1.93. The summed E-state index contributed by atoms with van der Waals surface area (Å²) in [6.07, 6.45) is 1.63. The minimum Gasteiger partial charge on any atom is -0.302 e. The fraction of sp³-hybridized carbons (Fsp3) is 0.143. The normalized spacial score (nSPS) is 10.9. The highest BCUT2D eigenvalue weighted by Crippen LogP contribution is 2.22. The third-order valence-electron chi connectivity index (χ3n) is 1.65. The average Bonchev–Trinajstić information content (AvgIpc) is 2.32. The van der Waals surface area contributed by atoms with E-state index in [0.717, 1.165) is 0 Å². The molecule has 0 aliphatic rings. The third-order valence-corrected chi connectivity index (χ3v) is 2.30. The van der Waals surface area contributed by atoms with Crippen LogP contribution in [-0.2, 0) is 7.05 Å². The summed E-state index contributed by atoms with van der Waals surface area (Å²) in [6, 6.07) is 1.69. The summed E-state index contributed by atoms with van der Waals surface area (Å²) in [5.41, 5.74) is 1.35.